The lowest BCUT2D eigenvalue weighted by atomic mass is 9.75. The molecule has 0 saturated heterocycles. The number of rotatable bonds is 26. The zero-order chi connectivity index (χ0) is 33.0. The molecular formula is C42H66N2O2. The van der Waals surface area contributed by atoms with Gasteiger partial charge in [0.2, 0.25) is 0 Å². The number of nitrogens with zero attached hydrogens (tertiary/aromatic N) is 2. The SMILES string of the molecule is CCCCCCCCCCCCN(C)c1ccc(C2=C(O)C(c3ccc(N(C)CCCCCCCCCCCC)cc3)C2=O)cc1. The lowest BCUT2D eigenvalue weighted by Crippen LogP contribution is -2.28. The van der Waals surface area contributed by atoms with Crippen LogP contribution in [-0.4, -0.2) is 38.1 Å². The van der Waals surface area contributed by atoms with Crippen LogP contribution in [0, 0.1) is 0 Å². The summed E-state index contributed by atoms with van der Waals surface area (Å²) in [6.07, 6.45) is 26.9. The van der Waals surface area contributed by atoms with Crippen LogP contribution in [0.3, 0.4) is 0 Å². The smallest absolute Gasteiger partial charge is 0.181 e. The molecule has 1 aliphatic rings. The number of hydrogen-bond acceptors (Lipinski definition) is 4. The van der Waals surface area contributed by atoms with E-state index in [1.54, 1.807) is 0 Å². The quantitative estimate of drug-likeness (QED) is 0.105. The van der Waals surface area contributed by atoms with Crippen LogP contribution >= 0.6 is 0 Å². The molecule has 46 heavy (non-hydrogen) atoms. The third-order valence-corrected chi connectivity index (χ3v) is 10.00. The largest absolute Gasteiger partial charge is 0.510 e. The number of carbonyl (C=O) groups is 1. The highest BCUT2D eigenvalue weighted by Crippen LogP contribution is 2.43. The van der Waals surface area contributed by atoms with Crippen LogP contribution in [0.4, 0.5) is 11.4 Å². The molecular weight excluding hydrogens is 564 g/mol. The summed E-state index contributed by atoms with van der Waals surface area (Å²) in [5.74, 6) is -0.339. The fourth-order valence-corrected chi connectivity index (χ4v) is 6.80. The maximum Gasteiger partial charge on any atom is 0.181 e. The summed E-state index contributed by atoms with van der Waals surface area (Å²) >= 11 is 0. The van der Waals surface area contributed by atoms with E-state index >= 15 is 0 Å². The Morgan fingerprint density at radius 2 is 0.870 bits per heavy atom. The summed E-state index contributed by atoms with van der Waals surface area (Å²) in [6, 6.07) is 16.3. The van der Waals surface area contributed by atoms with Crippen molar-refractivity contribution in [1.29, 1.82) is 0 Å². The number of ketones is 1. The van der Waals surface area contributed by atoms with E-state index in [0.717, 1.165) is 35.6 Å². The van der Waals surface area contributed by atoms with Crippen molar-refractivity contribution in [1.82, 2.24) is 0 Å². The Hall–Kier alpha value is -2.75. The van der Waals surface area contributed by atoms with E-state index in [1.165, 1.54) is 128 Å². The van der Waals surface area contributed by atoms with Crippen molar-refractivity contribution in [2.45, 2.75) is 148 Å². The fourth-order valence-electron chi connectivity index (χ4n) is 6.80. The number of benzene rings is 2. The first-order valence-electron chi connectivity index (χ1n) is 19.1. The van der Waals surface area contributed by atoms with Gasteiger partial charge in [0.25, 0.3) is 0 Å². The number of Topliss-reactive ketones (excluding diaryl/α,β-unsaturated/α-hetero) is 1. The first kappa shape index (κ1) is 37.7. The molecule has 0 heterocycles. The number of aliphatic hydroxyl groups is 1. The molecule has 4 heteroatoms. The van der Waals surface area contributed by atoms with Crippen LogP contribution in [-0.2, 0) is 4.79 Å². The summed E-state index contributed by atoms with van der Waals surface area (Å²) in [4.78, 5) is 17.8. The lowest BCUT2D eigenvalue weighted by molar-refractivity contribution is -0.116. The van der Waals surface area contributed by atoms with Crippen molar-refractivity contribution in [3.8, 4) is 0 Å². The predicted octanol–water partition coefficient (Wildman–Crippen LogP) is 12.0. The minimum Gasteiger partial charge on any atom is -0.510 e. The minimum atomic E-state index is -0.546. The van der Waals surface area contributed by atoms with Gasteiger partial charge in [0.15, 0.2) is 5.78 Å². The van der Waals surface area contributed by atoms with E-state index < -0.39 is 5.92 Å². The molecule has 3 rings (SSSR count). The van der Waals surface area contributed by atoms with Gasteiger partial charge in [0, 0.05) is 38.6 Å². The molecule has 0 saturated carbocycles. The van der Waals surface area contributed by atoms with E-state index in [-0.39, 0.29) is 11.5 Å². The zero-order valence-electron chi connectivity index (χ0n) is 30.0. The van der Waals surface area contributed by atoms with Crippen LogP contribution in [0.2, 0.25) is 0 Å². The van der Waals surface area contributed by atoms with Crippen molar-refractivity contribution in [2.75, 3.05) is 37.0 Å². The van der Waals surface area contributed by atoms with Crippen LogP contribution in [0.1, 0.15) is 159 Å². The first-order chi connectivity index (χ1) is 22.5. The zero-order valence-corrected chi connectivity index (χ0v) is 30.0. The second-order valence-corrected chi connectivity index (χ2v) is 13.9. The minimum absolute atomic E-state index is 0.00966. The number of hydrogen-bond donors (Lipinski definition) is 1. The third-order valence-electron chi connectivity index (χ3n) is 10.00. The molecule has 0 aliphatic heterocycles. The molecule has 2 aromatic rings. The average molecular weight is 631 g/mol. The molecule has 256 valence electrons. The van der Waals surface area contributed by atoms with Crippen molar-refractivity contribution in [2.24, 2.45) is 0 Å². The number of aliphatic hydroxyl groups excluding tert-OH is 1. The number of allylic oxidation sites excluding steroid dienone is 2. The van der Waals surface area contributed by atoms with Gasteiger partial charge in [0.05, 0.1) is 5.57 Å². The van der Waals surface area contributed by atoms with Crippen molar-refractivity contribution in [3.63, 3.8) is 0 Å². The van der Waals surface area contributed by atoms with Gasteiger partial charge < -0.3 is 14.9 Å². The summed E-state index contributed by atoms with van der Waals surface area (Å²) < 4.78 is 0. The monoisotopic (exact) mass is 631 g/mol. The third kappa shape index (κ3) is 12.5. The van der Waals surface area contributed by atoms with Gasteiger partial charge >= 0.3 is 0 Å². The lowest BCUT2D eigenvalue weighted by Gasteiger charge is -2.29. The predicted molar refractivity (Wildman–Crippen MR) is 200 cm³/mol. The molecule has 1 aliphatic carbocycles. The van der Waals surface area contributed by atoms with Gasteiger partial charge in [0.1, 0.15) is 11.7 Å². The van der Waals surface area contributed by atoms with Crippen molar-refractivity contribution >= 4 is 22.7 Å². The summed E-state index contributed by atoms with van der Waals surface area (Å²) in [5.41, 5.74) is 4.46. The molecule has 1 atom stereocenters. The summed E-state index contributed by atoms with van der Waals surface area (Å²) in [6.45, 7) is 6.63. The summed E-state index contributed by atoms with van der Waals surface area (Å²) in [5, 5.41) is 11.0. The second-order valence-electron chi connectivity index (χ2n) is 13.9. The van der Waals surface area contributed by atoms with Crippen LogP contribution in [0.5, 0.6) is 0 Å². The highest BCUT2D eigenvalue weighted by atomic mass is 16.3. The average Bonchev–Trinajstić information content (AvgIpc) is 3.07. The van der Waals surface area contributed by atoms with E-state index in [4.69, 9.17) is 0 Å². The molecule has 0 fully saturated rings. The first-order valence-corrected chi connectivity index (χ1v) is 19.1. The number of anilines is 2. The molecule has 1 unspecified atom stereocenters. The maximum atomic E-state index is 13.2. The normalized spacial score (nSPS) is 14.5. The highest BCUT2D eigenvalue weighted by molar-refractivity contribution is 6.31. The highest BCUT2D eigenvalue weighted by Gasteiger charge is 2.41. The van der Waals surface area contributed by atoms with Crippen LogP contribution in [0.25, 0.3) is 5.57 Å². The van der Waals surface area contributed by atoms with Gasteiger partial charge in [-0.1, -0.05) is 154 Å². The topological polar surface area (TPSA) is 43.8 Å². The molecule has 0 amide bonds. The van der Waals surface area contributed by atoms with E-state index in [1.807, 2.05) is 24.3 Å². The van der Waals surface area contributed by atoms with Gasteiger partial charge in [-0.25, -0.2) is 0 Å². The van der Waals surface area contributed by atoms with Crippen molar-refractivity contribution < 1.29 is 9.90 Å². The van der Waals surface area contributed by atoms with Gasteiger partial charge in [-0.15, -0.1) is 0 Å². The summed E-state index contributed by atoms with van der Waals surface area (Å²) in [7, 11) is 4.29. The molecule has 4 nitrogen and oxygen atoms in total. The van der Waals surface area contributed by atoms with Crippen molar-refractivity contribution in [3.05, 3.63) is 65.4 Å². The Labute approximate surface area is 282 Å². The Bertz CT molecular complexity index is 1140. The van der Waals surface area contributed by atoms with E-state index in [9.17, 15) is 9.90 Å². The molecule has 0 bridgehead atoms. The second kappa shape index (κ2) is 21.9. The maximum absolute atomic E-state index is 13.2. The van der Waals surface area contributed by atoms with E-state index in [0.29, 0.717) is 5.57 Å². The van der Waals surface area contributed by atoms with E-state index in [2.05, 4.69) is 62.0 Å². The van der Waals surface area contributed by atoms with Gasteiger partial charge in [-0.2, -0.15) is 0 Å². The Morgan fingerprint density at radius 3 is 1.24 bits per heavy atom. The molecule has 0 aromatic heterocycles. The van der Waals surface area contributed by atoms with Gasteiger partial charge in [-0.05, 0) is 48.2 Å². The number of carbonyl (C=O) groups excluding carboxylic acids is 1. The van der Waals surface area contributed by atoms with Crippen LogP contribution in [0.15, 0.2) is 54.3 Å². The number of unbranched alkanes of at least 4 members (excludes halogenated alkanes) is 18. The Kier molecular flexibility index (Phi) is 18.0. The molecule has 1 N–H and O–H groups in total. The standard InChI is InChI=1S/C42H66N2O2/c1-5-7-9-11-13-15-17-19-21-23-33-43(3)37-29-25-35(26-30-37)39-41(45)40(42(39)46)36-27-31-38(32-28-36)44(4)34-24-22-20-18-16-14-12-10-8-6-2/h25-32,39,45H,5-24,33-34H2,1-4H3. The Balaban J connectivity index is 1.37. The van der Waals surface area contributed by atoms with Crippen LogP contribution < -0.4 is 9.80 Å². The molecule has 0 radical (unpaired) electrons. The molecule has 2 aromatic carbocycles. The Morgan fingerprint density at radius 1 is 0.522 bits per heavy atom. The van der Waals surface area contributed by atoms with Gasteiger partial charge in [-0.3, -0.25) is 4.79 Å². The molecule has 0 spiro atoms. The fraction of sp³-hybridized carbons (Fsp3) is 0.643.